The summed E-state index contributed by atoms with van der Waals surface area (Å²) in [6.07, 6.45) is 2.27. The molecule has 0 bridgehead atoms. The van der Waals surface area contributed by atoms with Gasteiger partial charge in [-0.25, -0.2) is 8.42 Å². The molecule has 1 heterocycles. The van der Waals surface area contributed by atoms with Gasteiger partial charge in [0.1, 0.15) is 0 Å². The Balaban J connectivity index is 1.64. The maximum atomic E-state index is 12.4. The minimum absolute atomic E-state index is 0.198. The maximum absolute atomic E-state index is 12.4. The largest absolute Gasteiger partial charge is 0.342 e. The van der Waals surface area contributed by atoms with Gasteiger partial charge >= 0.3 is 0 Å². The third-order valence-electron chi connectivity index (χ3n) is 4.17. The van der Waals surface area contributed by atoms with Gasteiger partial charge in [0.2, 0.25) is 5.91 Å². The van der Waals surface area contributed by atoms with E-state index in [1.165, 1.54) is 0 Å². The summed E-state index contributed by atoms with van der Waals surface area (Å²) < 4.78 is 27.3. The lowest BCUT2D eigenvalue weighted by atomic mass is 10.1. The second kappa shape index (κ2) is 7.45. The predicted molar refractivity (Wildman–Crippen MR) is 98.2 cm³/mol. The summed E-state index contributed by atoms with van der Waals surface area (Å²) in [5, 5.41) is 0.545. The van der Waals surface area contributed by atoms with Gasteiger partial charge in [-0.1, -0.05) is 23.7 Å². The van der Waals surface area contributed by atoms with Gasteiger partial charge in [0, 0.05) is 30.2 Å². The summed E-state index contributed by atoms with van der Waals surface area (Å²) in [7, 11) is -3.64. The van der Waals surface area contributed by atoms with Crippen LogP contribution >= 0.6 is 11.6 Å². The normalized spacial score (nSPS) is 14.8. The zero-order valence-electron chi connectivity index (χ0n) is 13.6. The average molecular weight is 379 g/mol. The van der Waals surface area contributed by atoms with Crippen molar-refractivity contribution in [3.63, 3.8) is 0 Å². The molecule has 1 N–H and O–H groups in total. The van der Waals surface area contributed by atoms with Crippen molar-refractivity contribution in [1.29, 1.82) is 0 Å². The van der Waals surface area contributed by atoms with Gasteiger partial charge in [-0.2, -0.15) is 0 Å². The van der Waals surface area contributed by atoms with Gasteiger partial charge in [0.25, 0.3) is 10.0 Å². The number of sulfonamides is 1. The standard InChI is InChI=1S/C18H19ClN2O3S/c19-15-5-7-16(8-6-15)20-25(23,24)17-9-3-14(4-10-17)11-13-21-12-1-2-18(21)22/h3-10,20H,1-2,11-13H2. The summed E-state index contributed by atoms with van der Waals surface area (Å²) >= 11 is 5.80. The summed E-state index contributed by atoms with van der Waals surface area (Å²) in [6, 6.07) is 13.2. The molecule has 3 rings (SSSR count). The lowest BCUT2D eigenvalue weighted by molar-refractivity contribution is -0.127. The van der Waals surface area contributed by atoms with Gasteiger partial charge in [-0.05, 0) is 54.8 Å². The van der Waals surface area contributed by atoms with E-state index in [0.717, 1.165) is 24.9 Å². The molecular formula is C18H19ClN2O3S. The van der Waals surface area contributed by atoms with Gasteiger partial charge in [-0.15, -0.1) is 0 Å². The monoisotopic (exact) mass is 378 g/mol. The van der Waals surface area contributed by atoms with Crippen molar-refractivity contribution in [3.05, 3.63) is 59.1 Å². The number of rotatable bonds is 6. The molecule has 0 unspecified atom stereocenters. The molecule has 25 heavy (non-hydrogen) atoms. The Morgan fingerprint density at radius 1 is 1.04 bits per heavy atom. The van der Waals surface area contributed by atoms with Crippen molar-refractivity contribution < 1.29 is 13.2 Å². The number of anilines is 1. The summed E-state index contributed by atoms with van der Waals surface area (Å²) in [4.78, 5) is 13.7. The molecule has 0 aliphatic carbocycles. The number of benzene rings is 2. The molecule has 2 aromatic carbocycles. The SMILES string of the molecule is O=C1CCCN1CCc1ccc(S(=O)(=O)Nc2ccc(Cl)cc2)cc1. The highest BCUT2D eigenvalue weighted by Gasteiger charge is 2.19. The zero-order valence-corrected chi connectivity index (χ0v) is 15.2. The molecule has 1 amide bonds. The van der Waals surface area contributed by atoms with Crippen LogP contribution in [-0.4, -0.2) is 32.3 Å². The molecule has 0 atom stereocenters. The van der Waals surface area contributed by atoms with E-state index in [4.69, 9.17) is 11.6 Å². The van der Waals surface area contributed by atoms with Crippen LogP contribution in [-0.2, 0) is 21.2 Å². The number of hydrogen-bond acceptors (Lipinski definition) is 3. The van der Waals surface area contributed by atoms with Crippen molar-refractivity contribution in [3.8, 4) is 0 Å². The second-order valence-electron chi connectivity index (χ2n) is 5.99. The van der Waals surface area contributed by atoms with Gasteiger partial charge in [0.05, 0.1) is 4.90 Å². The Morgan fingerprint density at radius 3 is 2.32 bits per heavy atom. The van der Waals surface area contributed by atoms with E-state index in [1.54, 1.807) is 48.5 Å². The van der Waals surface area contributed by atoms with Crippen LogP contribution in [0.1, 0.15) is 18.4 Å². The van der Waals surface area contributed by atoms with Crippen molar-refractivity contribution in [2.75, 3.05) is 17.8 Å². The highest BCUT2D eigenvalue weighted by atomic mass is 35.5. The number of carbonyl (C=O) groups is 1. The van der Waals surface area contributed by atoms with E-state index in [2.05, 4.69) is 4.72 Å². The van der Waals surface area contributed by atoms with Crippen LogP contribution in [0.5, 0.6) is 0 Å². The van der Waals surface area contributed by atoms with E-state index >= 15 is 0 Å². The molecule has 0 spiro atoms. The van der Waals surface area contributed by atoms with E-state index in [-0.39, 0.29) is 10.8 Å². The zero-order chi connectivity index (χ0) is 17.9. The third kappa shape index (κ3) is 4.52. The Hall–Kier alpha value is -2.05. The Morgan fingerprint density at radius 2 is 1.72 bits per heavy atom. The number of halogens is 1. The van der Waals surface area contributed by atoms with Gasteiger partial charge in [0.15, 0.2) is 0 Å². The first-order valence-electron chi connectivity index (χ1n) is 8.09. The van der Waals surface area contributed by atoms with E-state index in [0.29, 0.717) is 23.7 Å². The van der Waals surface area contributed by atoms with Crippen LogP contribution in [0.4, 0.5) is 5.69 Å². The predicted octanol–water partition coefficient (Wildman–Crippen LogP) is 3.31. The highest BCUT2D eigenvalue weighted by Crippen LogP contribution is 2.19. The first kappa shape index (κ1) is 17.8. The van der Waals surface area contributed by atoms with E-state index in [1.807, 2.05) is 4.90 Å². The molecule has 1 aliphatic heterocycles. The van der Waals surface area contributed by atoms with Crippen LogP contribution < -0.4 is 4.72 Å². The van der Waals surface area contributed by atoms with E-state index in [9.17, 15) is 13.2 Å². The van der Waals surface area contributed by atoms with Crippen LogP contribution in [0.3, 0.4) is 0 Å². The molecule has 2 aromatic rings. The number of likely N-dealkylation sites (tertiary alicyclic amines) is 1. The molecule has 0 aromatic heterocycles. The molecule has 1 saturated heterocycles. The van der Waals surface area contributed by atoms with Crippen molar-refractivity contribution >= 4 is 33.2 Å². The average Bonchev–Trinajstić information content (AvgIpc) is 3.00. The first-order valence-corrected chi connectivity index (χ1v) is 9.95. The second-order valence-corrected chi connectivity index (χ2v) is 8.11. The number of amides is 1. The Bertz CT molecular complexity index is 849. The number of hydrogen-bond donors (Lipinski definition) is 1. The van der Waals surface area contributed by atoms with Crippen molar-refractivity contribution in [2.24, 2.45) is 0 Å². The fraction of sp³-hybridized carbons (Fsp3) is 0.278. The molecule has 1 aliphatic rings. The van der Waals surface area contributed by atoms with Gasteiger partial charge < -0.3 is 4.90 Å². The molecular weight excluding hydrogens is 360 g/mol. The molecule has 0 saturated carbocycles. The minimum atomic E-state index is -3.64. The first-order chi connectivity index (χ1) is 11.9. The van der Waals surface area contributed by atoms with E-state index < -0.39 is 10.0 Å². The number of nitrogens with one attached hydrogen (secondary N) is 1. The topological polar surface area (TPSA) is 66.5 Å². The molecule has 5 nitrogen and oxygen atoms in total. The van der Waals surface area contributed by atoms with Crippen LogP contribution in [0.25, 0.3) is 0 Å². The molecule has 7 heteroatoms. The minimum Gasteiger partial charge on any atom is -0.342 e. The fourth-order valence-corrected chi connectivity index (χ4v) is 3.96. The Labute approximate surface area is 152 Å². The summed E-state index contributed by atoms with van der Waals surface area (Å²) in [5.41, 5.74) is 1.46. The van der Waals surface area contributed by atoms with Gasteiger partial charge in [-0.3, -0.25) is 9.52 Å². The van der Waals surface area contributed by atoms with Crippen molar-refractivity contribution in [2.45, 2.75) is 24.2 Å². The van der Waals surface area contributed by atoms with Crippen LogP contribution in [0.15, 0.2) is 53.4 Å². The van der Waals surface area contributed by atoms with Crippen LogP contribution in [0.2, 0.25) is 5.02 Å². The summed E-state index contributed by atoms with van der Waals surface area (Å²) in [5.74, 6) is 0.200. The third-order valence-corrected chi connectivity index (χ3v) is 5.82. The molecule has 132 valence electrons. The number of nitrogens with zero attached hydrogens (tertiary/aromatic N) is 1. The maximum Gasteiger partial charge on any atom is 0.261 e. The lowest BCUT2D eigenvalue weighted by Crippen LogP contribution is -2.26. The smallest absolute Gasteiger partial charge is 0.261 e. The van der Waals surface area contributed by atoms with Crippen molar-refractivity contribution in [1.82, 2.24) is 4.90 Å². The quantitative estimate of drug-likeness (QED) is 0.838. The lowest BCUT2D eigenvalue weighted by Gasteiger charge is -2.15. The molecule has 0 radical (unpaired) electrons. The highest BCUT2D eigenvalue weighted by molar-refractivity contribution is 7.92. The fourth-order valence-electron chi connectivity index (χ4n) is 2.77. The molecule has 1 fully saturated rings. The van der Waals surface area contributed by atoms with Crippen LogP contribution in [0, 0.1) is 0 Å². The summed E-state index contributed by atoms with van der Waals surface area (Å²) in [6.45, 7) is 1.49. The Kier molecular flexibility index (Phi) is 5.30. The number of carbonyl (C=O) groups excluding carboxylic acids is 1.